The van der Waals surface area contributed by atoms with E-state index < -0.39 is 5.60 Å². The van der Waals surface area contributed by atoms with Gasteiger partial charge in [0, 0.05) is 37.3 Å². The molecule has 0 aromatic heterocycles. The van der Waals surface area contributed by atoms with E-state index in [0.717, 1.165) is 19.4 Å². The van der Waals surface area contributed by atoms with Crippen molar-refractivity contribution in [3.05, 3.63) is 48.0 Å². The quantitative estimate of drug-likeness (QED) is 0.485. The van der Waals surface area contributed by atoms with E-state index >= 15 is 0 Å². The monoisotopic (exact) mass is 484 g/mol. The third-order valence-electron chi connectivity index (χ3n) is 5.84. The van der Waals surface area contributed by atoms with Crippen LogP contribution in [0.1, 0.15) is 59.9 Å². The van der Waals surface area contributed by atoms with Crippen LogP contribution >= 0.6 is 11.8 Å². The summed E-state index contributed by atoms with van der Waals surface area (Å²) in [7, 11) is 0. The van der Waals surface area contributed by atoms with Gasteiger partial charge in [0.2, 0.25) is 5.91 Å². The molecular weight excluding hydrogens is 444 g/mol. The molecule has 0 saturated carbocycles. The van der Waals surface area contributed by atoms with Crippen molar-refractivity contribution < 1.29 is 14.3 Å². The van der Waals surface area contributed by atoms with Gasteiger partial charge in [-0.25, -0.2) is 4.79 Å². The van der Waals surface area contributed by atoms with Crippen molar-refractivity contribution in [2.75, 3.05) is 19.6 Å². The van der Waals surface area contributed by atoms with Gasteiger partial charge in [-0.3, -0.25) is 4.79 Å². The summed E-state index contributed by atoms with van der Waals surface area (Å²) in [6.07, 6.45) is 2.18. The van der Waals surface area contributed by atoms with E-state index in [1.807, 2.05) is 25.7 Å². The number of carbonyl (C=O) groups is 2. The highest BCUT2D eigenvalue weighted by Gasteiger charge is 2.31. The van der Waals surface area contributed by atoms with Crippen molar-refractivity contribution in [2.45, 2.75) is 77.7 Å². The number of carbonyl (C=O) groups excluding carboxylic acids is 2. The number of nitrogens with zero attached hydrogens (tertiary/aromatic N) is 1. The molecule has 34 heavy (non-hydrogen) atoms. The van der Waals surface area contributed by atoms with Gasteiger partial charge in [0.25, 0.3) is 0 Å². The maximum atomic E-state index is 13.3. The van der Waals surface area contributed by atoms with Crippen molar-refractivity contribution in [1.82, 2.24) is 10.2 Å². The van der Waals surface area contributed by atoms with Gasteiger partial charge in [0.1, 0.15) is 5.60 Å². The lowest BCUT2D eigenvalue weighted by molar-refractivity contribution is -0.133. The number of rotatable bonds is 7. The molecule has 0 bridgehead atoms. The molecule has 6 heteroatoms. The Balaban J connectivity index is 1.64. The molecule has 5 nitrogen and oxygen atoms in total. The van der Waals surface area contributed by atoms with Crippen LogP contribution in [0.15, 0.2) is 42.5 Å². The Bertz CT molecular complexity index is 988. The highest BCUT2D eigenvalue weighted by Crippen LogP contribution is 2.27. The van der Waals surface area contributed by atoms with Gasteiger partial charge in [-0.2, -0.15) is 0 Å². The fourth-order valence-corrected chi connectivity index (χ4v) is 5.41. The van der Waals surface area contributed by atoms with Crippen molar-refractivity contribution in [1.29, 1.82) is 0 Å². The second kappa shape index (κ2) is 11.1. The van der Waals surface area contributed by atoms with Crippen molar-refractivity contribution in [2.24, 2.45) is 5.41 Å². The van der Waals surface area contributed by atoms with Gasteiger partial charge in [-0.1, -0.05) is 63.2 Å². The number of ether oxygens (including phenoxy) is 1. The fraction of sp³-hybridized carbons (Fsp3) is 0.571. The average molecular weight is 485 g/mol. The van der Waals surface area contributed by atoms with Gasteiger partial charge in [-0.15, -0.1) is 0 Å². The Hall–Kier alpha value is -2.05. The Morgan fingerprint density at radius 1 is 1.06 bits per heavy atom. The van der Waals surface area contributed by atoms with Crippen LogP contribution < -0.4 is 5.32 Å². The largest absolute Gasteiger partial charge is 0.452 e. The van der Waals surface area contributed by atoms with E-state index in [1.54, 1.807) is 0 Å². The molecule has 186 valence electrons. The first-order chi connectivity index (χ1) is 15.9. The Morgan fingerprint density at radius 2 is 1.76 bits per heavy atom. The molecular formula is C28H40N2O3S. The van der Waals surface area contributed by atoms with E-state index in [1.165, 1.54) is 28.1 Å². The molecule has 3 rings (SSSR count). The molecule has 2 aromatic carbocycles. The highest BCUT2D eigenvalue weighted by molar-refractivity contribution is 8.13. The second-order valence-electron chi connectivity index (χ2n) is 11.5. The van der Waals surface area contributed by atoms with Crippen LogP contribution in [0.3, 0.4) is 0 Å². The van der Waals surface area contributed by atoms with Gasteiger partial charge in [0.05, 0.1) is 0 Å². The third kappa shape index (κ3) is 8.31. The van der Waals surface area contributed by atoms with Gasteiger partial charge in [0.15, 0.2) is 0 Å². The predicted molar refractivity (Wildman–Crippen MR) is 142 cm³/mol. The highest BCUT2D eigenvalue weighted by atomic mass is 32.2. The molecule has 1 amide bonds. The molecule has 0 radical (unpaired) electrons. The van der Waals surface area contributed by atoms with E-state index in [2.05, 4.69) is 68.6 Å². The number of hydrogen-bond donors (Lipinski definition) is 1. The van der Waals surface area contributed by atoms with Crippen molar-refractivity contribution >= 4 is 33.7 Å². The molecule has 1 fully saturated rings. The summed E-state index contributed by atoms with van der Waals surface area (Å²) in [5.41, 5.74) is 0.727. The molecule has 0 unspecified atom stereocenters. The minimum atomic E-state index is -0.479. The fourth-order valence-electron chi connectivity index (χ4n) is 4.34. The Labute approximate surface area is 209 Å². The summed E-state index contributed by atoms with van der Waals surface area (Å²) in [5.74, 6) is 0.192. The van der Waals surface area contributed by atoms with Gasteiger partial charge in [-0.05, 0) is 67.1 Å². The normalized spacial score (nSPS) is 18.8. The van der Waals surface area contributed by atoms with Gasteiger partial charge < -0.3 is 15.0 Å². The molecule has 0 aliphatic carbocycles. The van der Waals surface area contributed by atoms with Gasteiger partial charge >= 0.3 is 5.30 Å². The molecule has 2 atom stereocenters. The van der Waals surface area contributed by atoms with E-state index in [-0.39, 0.29) is 27.9 Å². The summed E-state index contributed by atoms with van der Waals surface area (Å²) in [6, 6.07) is 15.0. The topological polar surface area (TPSA) is 58.6 Å². The molecule has 1 aliphatic rings. The van der Waals surface area contributed by atoms with E-state index in [4.69, 9.17) is 4.74 Å². The SMILES string of the molecule is CC(C)(C)CC(=O)N(CCc1cccc2ccccc12)C[C@@H]1C[C@H](SC(=O)OC(C)(C)C)CN1. The summed E-state index contributed by atoms with van der Waals surface area (Å²) in [6.45, 7) is 14.1. The number of nitrogens with one attached hydrogen (secondary N) is 1. The zero-order chi connectivity index (χ0) is 24.9. The summed E-state index contributed by atoms with van der Waals surface area (Å²) >= 11 is 1.27. The standard InChI is InChI=1S/C28H40N2O3S/c1-27(2,3)17-25(31)30(15-14-21-12-9-11-20-10-7-8-13-24(20)21)19-22-16-23(18-29-22)34-26(32)33-28(4,5)6/h7-13,22-23,29H,14-19H2,1-6H3/t22-,23-/m0/s1. The molecule has 1 saturated heterocycles. The van der Waals surface area contributed by atoms with Crippen LogP contribution in [-0.2, 0) is 16.0 Å². The lowest BCUT2D eigenvalue weighted by Gasteiger charge is -2.29. The lowest BCUT2D eigenvalue weighted by Crippen LogP contribution is -2.43. The summed E-state index contributed by atoms with van der Waals surface area (Å²) in [4.78, 5) is 27.5. The maximum absolute atomic E-state index is 13.3. The lowest BCUT2D eigenvalue weighted by atomic mass is 9.91. The van der Waals surface area contributed by atoms with Crippen LogP contribution in [0, 0.1) is 5.41 Å². The predicted octanol–water partition coefficient (Wildman–Crippen LogP) is 6.05. The Kier molecular flexibility index (Phi) is 8.69. The number of fused-ring (bicyclic) bond motifs is 1. The zero-order valence-corrected chi connectivity index (χ0v) is 22.3. The average Bonchev–Trinajstić information content (AvgIpc) is 3.15. The maximum Gasteiger partial charge on any atom is 0.368 e. The van der Waals surface area contributed by atoms with Crippen molar-refractivity contribution in [3.8, 4) is 0 Å². The van der Waals surface area contributed by atoms with Crippen LogP contribution in [0.5, 0.6) is 0 Å². The first kappa shape index (κ1) is 26.6. The first-order valence-electron chi connectivity index (χ1n) is 12.3. The molecule has 0 spiro atoms. The van der Waals surface area contributed by atoms with E-state index in [9.17, 15) is 9.59 Å². The third-order valence-corrected chi connectivity index (χ3v) is 6.81. The molecule has 1 heterocycles. The molecule has 1 aliphatic heterocycles. The Morgan fingerprint density at radius 3 is 2.47 bits per heavy atom. The van der Waals surface area contributed by atoms with Crippen LogP contribution in [-0.4, -0.2) is 52.6 Å². The summed E-state index contributed by atoms with van der Waals surface area (Å²) < 4.78 is 5.46. The number of hydrogen-bond acceptors (Lipinski definition) is 5. The number of thioether (sulfide) groups is 1. The van der Waals surface area contributed by atoms with Crippen molar-refractivity contribution in [3.63, 3.8) is 0 Å². The minimum Gasteiger partial charge on any atom is -0.452 e. The molecule has 1 N–H and O–H groups in total. The zero-order valence-electron chi connectivity index (χ0n) is 21.5. The smallest absolute Gasteiger partial charge is 0.368 e. The summed E-state index contributed by atoms with van der Waals surface area (Å²) in [5, 5.41) is 5.95. The van der Waals surface area contributed by atoms with E-state index in [0.29, 0.717) is 19.5 Å². The number of amides is 1. The number of benzene rings is 2. The van der Waals surface area contributed by atoms with Crippen LogP contribution in [0.4, 0.5) is 4.79 Å². The van der Waals surface area contributed by atoms with Crippen LogP contribution in [0.2, 0.25) is 0 Å². The van der Waals surface area contributed by atoms with Crippen LogP contribution in [0.25, 0.3) is 10.8 Å². The molecule has 2 aromatic rings. The first-order valence-corrected chi connectivity index (χ1v) is 13.1. The minimum absolute atomic E-state index is 0.0625. The second-order valence-corrected chi connectivity index (χ2v) is 12.7.